The van der Waals surface area contributed by atoms with Crippen molar-refractivity contribution in [2.45, 2.75) is 32.2 Å². The summed E-state index contributed by atoms with van der Waals surface area (Å²) in [5.41, 5.74) is 1.83. The van der Waals surface area contributed by atoms with E-state index >= 15 is 0 Å². The Morgan fingerprint density at radius 2 is 2.00 bits per heavy atom. The molecule has 0 aliphatic heterocycles. The minimum atomic E-state index is -0.855. The van der Waals surface area contributed by atoms with Crippen LogP contribution in [0.5, 0.6) is 0 Å². The zero-order chi connectivity index (χ0) is 17.3. The molecule has 126 valence electrons. The molecule has 3 rings (SSSR count). The van der Waals surface area contributed by atoms with Crippen LogP contribution in [0.25, 0.3) is 5.69 Å². The molecule has 2 atom stereocenters. The van der Waals surface area contributed by atoms with Gasteiger partial charge in [-0.1, -0.05) is 18.0 Å². The van der Waals surface area contributed by atoms with Crippen molar-refractivity contribution in [3.05, 3.63) is 46.7 Å². The Morgan fingerprint density at radius 3 is 2.67 bits per heavy atom. The Morgan fingerprint density at radius 1 is 1.29 bits per heavy atom. The Bertz CT molecular complexity index is 770. The number of hydrogen-bond donors (Lipinski definition) is 2. The van der Waals surface area contributed by atoms with E-state index < -0.39 is 11.9 Å². The maximum atomic E-state index is 12.5. The molecule has 0 saturated heterocycles. The smallest absolute Gasteiger partial charge is 0.308 e. The highest BCUT2D eigenvalue weighted by atomic mass is 35.5. The van der Waals surface area contributed by atoms with Crippen molar-refractivity contribution in [1.82, 2.24) is 15.1 Å². The van der Waals surface area contributed by atoms with Crippen molar-refractivity contribution in [3.63, 3.8) is 0 Å². The Hall–Kier alpha value is -2.34. The van der Waals surface area contributed by atoms with Gasteiger partial charge in [-0.25, -0.2) is 4.68 Å². The third kappa shape index (κ3) is 3.28. The second kappa shape index (κ2) is 6.65. The van der Waals surface area contributed by atoms with Crippen LogP contribution in [0.2, 0.25) is 5.02 Å². The number of aryl methyl sites for hydroxylation is 1. The highest BCUT2D eigenvalue weighted by molar-refractivity contribution is 6.30. The van der Waals surface area contributed by atoms with Crippen molar-refractivity contribution in [2.75, 3.05) is 0 Å². The second-order valence-corrected chi connectivity index (χ2v) is 6.44. The van der Waals surface area contributed by atoms with Crippen molar-refractivity contribution in [1.29, 1.82) is 0 Å². The SMILES string of the molecule is Cc1nn(-c2ccc(Cl)cc2)cc1C(=O)N[C@@H]1CCC[C@@H]1C(=O)O. The minimum absolute atomic E-state index is 0.286. The number of hydrogen-bond acceptors (Lipinski definition) is 3. The van der Waals surface area contributed by atoms with Crippen LogP contribution in [0.4, 0.5) is 0 Å². The zero-order valence-corrected chi connectivity index (χ0v) is 14.0. The maximum Gasteiger partial charge on any atom is 0.308 e. The number of benzene rings is 1. The number of aromatic nitrogens is 2. The fraction of sp³-hybridized carbons (Fsp3) is 0.353. The molecule has 1 amide bonds. The van der Waals surface area contributed by atoms with Crippen LogP contribution in [0, 0.1) is 12.8 Å². The first-order valence-corrected chi connectivity index (χ1v) is 8.19. The van der Waals surface area contributed by atoms with Gasteiger partial charge in [-0.2, -0.15) is 5.10 Å². The lowest BCUT2D eigenvalue weighted by Gasteiger charge is -2.17. The molecule has 2 aromatic rings. The molecular weight excluding hydrogens is 330 g/mol. The quantitative estimate of drug-likeness (QED) is 0.890. The van der Waals surface area contributed by atoms with E-state index in [1.54, 1.807) is 29.9 Å². The number of nitrogens with one attached hydrogen (secondary N) is 1. The minimum Gasteiger partial charge on any atom is -0.481 e. The summed E-state index contributed by atoms with van der Waals surface area (Å²) < 4.78 is 1.61. The van der Waals surface area contributed by atoms with E-state index in [4.69, 9.17) is 11.6 Å². The molecule has 6 nitrogen and oxygen atoms in total. The molecule has 1 fully saturated rings. The Balaban J connectivity index is 1.78. The second-order valence-electron chi connectivity index (χ2n) is 6.00. The van der Waals surface area contributed by atoms with Crippen molar-refractivity contribution in [3.8, 4) is 5.69 Å². The molecule has 7 heteroatoms. The summed E-state index contributed by atoms with van der Waals surface area (Å²) in [6.07, 6.45) is 3.75. The summed E-state index contributed by atoms with van der Waals surface area (Å²) in [5.74, 6) is -1.65. The molecule has 0 unspecified atom stereocenters. The summed E-state index contributed by atoms with van der Waals surface area (Å²) in [4.78, 5) is 23.7. The number of carbonyl (C=O) groups excluding carboxylic acids is 1. The number of nitrogens with zero attached hydrogens (tertiary/aromatic N) is 2. The van der Waals surface area contributed by atoms with Gasteiger partial charge in [0.1, 0.15) is 0 Å². The largest absolute Gasteiger partial charge is 0.481 e. The lowest BCUT2D eigenvalue weighted by molar-refractivity contribution is -0.142. The van der Waals surface area contributed by atoms with Gasteiger partial charge >= 0.3 is 5.97 Å². The normalized spacial score (nSPS) is 20.1. The lowest BCUT2D eigenvalue weighted by atomic mass is 10.0. The van der Waals surface area contributed by atoms with Gasteiger partial charge in [0, 0.05) is 17.3 Å². The summed E-state index contributed by atoms with van der Waals surface area (Å²) in [5, 5.41) is 17.0. The van der Waals surface area contributed by atoms with E-state index in [1.165, 1.54) is 0 Å². The Labute approximate surface area is 144 Å². The molecule has 0 radical (unpaired) electrons. The number of aliphatic carboxylic acids is 1. The third-order valence-electron chi connectivity index (χ3n) is 4.38. The molecule has 0 bridgehead atoms. The highest BCUT2D eigenvalue weighted by Crippen LogP contribution is 2.26. The molecule has 24 heavy (non-hydrogen) atoms. The number of halogens is 1. The predicted molar refractivity (Wildman–Crippen MR) is 89.5 cm³/mol. The first-order valence-electron chi connectivity index (χ1n) is 7.81. The lowest BCUT2D eigenvalue weighted by Crippen LogP contribution is -2.40. The standard InChI is InChI=1S/C17H18ClN3O3/c1-10-14(9-21(20-10)12-7-5-11(18)6-8-12)16(22)19-15-4-2-3-13(15)17(23)24/h5-9,13,15H,2-4H2,1H3,(H,19,22)(H,23,24)/t13-,15+/m0/s1. The van der Waals surface area contributed by atoms with Gasteiger partial charge < -0.3 is 10.4 Å². The molecule has 1 aliphatic carbocycles. The maximum absolute atomic E-state index is 12.5. The Kier molecular flexibility index (Phi) is 4.57. The molecule has 1 saturated carbocycles. The number of rotatable bonds is 4. The van der Waals surface area contributed by atoms with Crippen LogP contribution in [0.1, 0.15) is 35.3 Å². The number of carboxylic acids is 1. The van der Waals surface area contributed by atoms with Crippen LogP contribution in [0.15, 0.2) is 30.5 Å². The van der Waals surface area contributed by atoms with Crippen molar-refractivity contribution >= 4 is 23.5 Å². The van der Waals surface area contributed by atoms with Gasteiger partial charge in [0.25, 0.3) is 5.91 Å². The summed E-state index contributed by atoms with van der Waals surface area (Å²) >= 11 is 5.88. The number of carbonyl (C=O) groups is 2. The molecule has 1 heterocycles. The monoisotopic (exact) mass is 347 g/mol. The van der Waals surface area contributed by atoms with Gasteiger partial charge in [-0.15, -0.1) is 0 Å². The third-order valence-corrected chi connectivity index (χ3v) is 4.64. The first-order chi connectivity index (χ1) is 11.5. The van der Waals surface area contributed by atoms with Crippen LogP contribution >= 0.6 is 11.6 Å². The molecule has 2 N–H and O–H groups in total. The average molecular weight is 348 g/mol. The van der Waals surface area contributed by atoms with Crippen LogP contribution in [0.3, 0.4) is 0 Å². The van der Waals surface area contributed by atoms with Crippen LogP contribution in [-0.2, 0) is 4.79 Å². The van der Waals surface area contributed by atoms with Crippen LogP contribution in [-0.4, -0.2) is 32.8 Å². The molecule has 0 spiro atoms. The molecular formula is C17H18ClN3O3. The average Bonchev–Trinajstić information content (AvgIpc) is 3.14. The van der Waals surface area contributed by atoms with E-state index in [0.717, 1.165) is 12.1 Å². The van der Waals surface area contributed by atoms with Crippen LogP contribution < -0.4 is 5.32 Å². The van der Waals surface area contributed by atoms with Gasteiger partial charge in [0.15, 0.2) is 0 Å². The van der Waals surface area contributed by atoms with E-state index in [2.05, 4.69) is 10.4 Å². The van der Waals surface area contributed by atoms with E-state index in [1.807, 2.05) is 12.1 Å². The summed E-state index contributed by atoms with van der Waals surface area (Å²) in [6, 6.07) is 6.81. The van der Waals surface area contributed by atoms with Gasteiger partial charge in [-0.05, 0) is 44.0 Å². The molecule has 1 aromatic heterocycles. The summed E-state index contributed by atoms with van der Waals surface area (Å²) in [6.45, 7) is 1.75. The van der Waals surface area contributed by atoms with Gasteiger partial charge in [0.05, 0.1) is 22.9 Å². The number of carboxylic acid groups (broad SMARTS) is 1. The van der Waals surface area contributed by atoms with Gasteiger partial charge in [-0.3, -0.25) is 9.59 Å². The van der Waals surface area contributed by atoms with E-state index in [0.29, 0.717) is 29.1 Å². The predicted octanol–water partition coefficient (Wildman–Crippen LogP) is 2.82. The molecule has 1 aromatic carbocycles. The molecule has 1 aliphatic rings. The van der Waals surface area contributed by atoms with E-state index in [9.17, 15) is 14.7 Å². The topological polar surface area (TPSA) is 84.2 Å². The fourth-order valence-corrected chi connectivity index (χ4v) is 3.21. The zero-order valence-electron chi connectivity index (χ0n) is 13.2. The highest BCUT2D eigenvalue weighted by Gasteiger charge is 2.34. The van der Waals surface area contributed by atoms with Crippen molar-refractivity contribution in [2.24, 2.45) is 5.92 Å². The van der Waals surface area contributed by atoms with E-state index in [-0.39, 0.29) is 11.9 Å². The fourth-order valence-electron chi connectivity index (χ4n) is 3.08. The summed E-state index contributed by atoms with van der Waals surface area (Å²) in [7, 11) is 0. The first kappa shape index (κ1) is 16.5. The van der Waals surface area contributed by atoms with Gasteiger partial charge in [0.2, 0.25) is 0 Å². The number of amides is 1. The van der Waals surface area contributed by atoms with Crippen molar-refractivity contribution < 1.29 is 14.7 Å².